The monoisotopic (exact) mass is 432 g/mol. The number of ether oxygens (including phenoxy) is 2. The van der Waals surface area contributed by atoms with Crippen molar-refractivity contribution in [3.8, 4) is 5.75 Å². The third-order valence-corrected chi connectivity index (χ3v) is 6.86. The van der Waals surface area contributed by atoms with Crippen LogP contribution < -0.4 is 10.1 Å². The van der Waals surface area contributed by atoms with Crippen LogP contribution in [-0.2, 0) is 19.6 Å². The van der Waals surface area contributed by atoms with Crippen LogP contribution in [0.1, 0.15) is 25.5 Å². The number of sulfonamides is 1. The summed E-state index contributed by atoms with van der Waals surface area (Å²) in [6, 6.07) is 15.8. The minimum Gasteiger partial charge on any atom is -0.484 e. The zero-order valence-corrected chi connectivity index (χ0v) is 18.1. The molecule has 0 aliphatic carbocycles. The zero-order valence-electron chi connectivity index (χ0n) is 17.3. The lowest BCUT2D eigenvalue weighted by Crippen LogP contribution is -2.40. The van der Waals surface area contributed by atoms with Crippen LogP contribution in [0.5, 0.6) is 5.75 Å². The SMILES string of the molecule is CC(C)C(NC(=O)COc1ccc(S(=O)(=O)N2CCOCC2)cc1)c1ccccc1. The van der Waals surface area contributed by atoms with Crippen molar-refractivity contribution in [3.63, 3.8) is 0 Å². The van der Waals surface area contributed by atoms with Crippen LogP contribution in [-0.4, -0.2) is 51.5 Å². The van der Waals surface area contributed by atoms with E-state index in [1.165, 1.54) is 16.4 Å². The minimum atomic E-state index is -3.55. The van der Waals surface area contributed by atoms with Gasteiger partial charge in [-0.15, -0.1) is 0 Å². The molecule has 1 atom stereocenters. The normalized spacial score (nSPS) is 16.2. The van der Waals surface area contributed by atoms with E-state index in [9.17, 15) is 13.2 Å². The molecule has 30 heavy (non-hydrogen) atoms. The molecule has 2 aromatic rings. The molecule has 0 spiro atoms. The van der Waals surface area contributed by atoms with Crippen molar-refractivity contribution in [3.05, 3.63) is 60.2 Å². The van der Waals surface area contributed by atoms with Crippen molar-refractivity contribution < 1.29 is 22.7 Å². The largest absolute Gasteiger partial charge is 0.484 e. The van der Waals surface area contributed by atoms with Gasteiger partial charge < -0.3 is 14.8 Å². The molecule has 0 aromatic heterocycles. The molecule has 1 amide bonds. The summed E-state index contributed by atoms with van der Waals surface area (Å²) in [6.07, 6.45) is 0. The van der Waals surface area contributed by atoms with Crippen LogP contribution in [0.15, 0.2) is 59.5 Å². The van der Waals surface area contributed by atoms with Crippen LogP contribution in [0.2, 0.25) is 0 Å². The molecular formula is C22H28N2O5S. The van der Waals surface area contributed by atoms with Gasteiger partial charge in [-0.3, -0.25) is 4.79 Å². The molecule has 0 saturated carbocycles. The maximum atomic E-state index is 12.6. The second-order valence-electron chi connectivity index (χ2n) is 7.48. The van der Waals surface area contributed by atoms with Crippen molar-refractivity contribution in [1.82, 2.24) is 9.62 Å². The molecular weight excluding hydrogens is 404 g/mol. The highest BCUT2D eigenvalue weighted by atomic mass is 32.2. The summed E-state index contributed by atoms with van der Waals surface area (Å²) in [5, 5.41) is 3.00. The Morgan fingerprint density at radius 3 is 2.30 bits per heavy atom. The highest BCUT2D eigenvalue weighted by Crippen LogP contribution is 2.22. The lowest BCUT2D eigenvalue weighted by atomic mass is 9.96. The predicted molar refractivity (Wildman–Crippen MR) is 114 cm³/mol. The first kappa shape index (κ1) is 22.3. The fraction of sp³-hybridized carbons (Fsp3) is 0.409. The molecule has 1 aliphatic rings. The Bertz CT molecular complexity index is 924. The Labute approximate surface area is 178 Å². The molecule has 0 radical (unpaired) electrons. The molecule has 1 aliphatic heterocycles. The van der Waals surface area contributed by atoms with Gasteiger partial charge >= 0.3 is 0 Å². The van der Waals surface area contributed by atoms with Gasteiger partial charge in [-0.1, -0.05) is 44.2 Å². The highest BCUT2D eigenvalue weighted by Gasteiger charge is 2.26. The molecule has 1 saturated heterocycles. The summed E-state index contributed by atoms with van der Waals surface area (Å²) in [5.41, 5.74) is 1.04. The first-order chi connectivity index (χ1) is 14.4. The van der Waals surface area contributed by atoms with Crippen LogP contribution in [0.25, 0.3) is 0 Å². The van der Waals surface area contributed by atoms with Gasteiger partial charge in [0, 0.05) is 13.1 Å². The number of hydrogen-bond acceptors (Lipinski definition) is 5. The summed E-state index contributed by atoms with van der Waals surface area (Å²) in [5.74, 6) is 0.426. The van der Waals surface area contributed by atoms with Gasteiger partial charge in [0.2, 0.25) is 10.0 Å². The second-order valence-corrected chi connectivity index (χ2v) is 9.41. The van der Waals surface area contributed by atoms with Crippen LogP contribution in [0, 0.1) is 5.92 Å². The third-order valence-electron chi connectivity index (χ3n) is 4.94. The van der Waals surface area contributed by atoms with Crippen LogP contribution in [0.4, 0.5) is 0 Å². The van der Waals surface area contributed by atoms with Crippen molar-refractivity contribution in [1.29, 1.82) is 0 Å². The van der Waals surface area contributed by atoms with Gasteiger partial charge in [0.25, 0.3) is 5.91 Å². The number of nitrogens with zero attached hydrogens (tertiary/aromatic N) is 1. The molecule has 162 valence electrons. The molecule has 8 heteroatoms. The Morgan fingerprint density at radius 2 is 1.70 bits per heavy atom. The second kappa shape index (κ2) is 10.1. The van der Waals surface area contributed by atoms with Gasteiger partial charge in [0.05, 0.1) is 24.2 Å². The summed E-state index contributed by atoms with van der Waals surface area (Å²) >= 11 is 0. The van der Waals surface area contributed by atoms with Crippen LogP contribution >= 0.6 is 0 Å². The van der Waals surface area contributed by atoms with Gasteiger partial charge in [-0.05, 0) is 35.7 Å². The number of carbonyl (C=O) groups excluding carboxylic acids is 1. The first-order valence-electron chi connectivity index (χ1n) is 10.0. The Kier molecular flexibility index (Phi) is 7.47. The molecule has 7 nitrogen and oxygen atoms in total. The van der Waals surface area contributed by atoms with E-state index in [0.29, 0.717) is 32.1 Å². The summed E-state index contributed by atoms with van der Waals surface area (Å²) in [4.78, 5) is 12.6. The smallest absolute Gasteiger partial charge is 0.258 e. The predicted octanol–water partition coefficient (Wildman–Crippen LogP) is 2.60. The molecule has 1 N–H and O–H groups in total. The molecule has 0 bridgehead atoms. The Morgan fingerprint density at radius 1 is 1.07 bits per heavy atom. The van der Waals surface area contributed by atoms with E-state index in [1.54, 1.807) is 12.1 Å². The fourth-order valence-electron chi connectivity index (χ4n) is 3.30. The first-order valence-corrected chi connectivity index (χ1v) is 11.5. The maximum absolute atomic E-state index is 12.6. The number of amides is 1. The zero-order chi connectivity index (χ0) is 21.6. The van der Waals surface area contributed by atoms with Crippen molar-refractivity contribution in [2.45, 2.75) is 24.8 Å². The fourth-order valence-corrected chi connectivity index (χ4v) is 4.71. The standard InChI is InChI=1S/C22H28N2O5S/c1-17(2)22(18-6-4-3-5-7-18)23-21(25)16-29-19-8-10-20(11-9-19)30(26,27)24-12-14-28-15-13-24/h3-11,17,22H,12-16H2,1-2H3,(H,23,25). The van der Waals surface area contributed by atoms with Gasteiger partial charge in [-0.2, -0.15) is 4.31 Å². The summed E-state index contributed by atoms with van der Waals surface area (Å²) in [7, 11) is -3.55. The van der Waals surface area contributed by atoms with E-state index >= 15 is 0 Å². The van der Waals surface area contributed by atoms with Gasteiger partial charge in [0.1, 0.15) is 5.75 Å². The van der Waals surface area contributed by atoms with E-state index < -0.39 is 10.0 Å². The van der Waals surface area contributed by atoms with E-state index in [2.05, 4.69) is 5.32 Å². The number of morpholine rings is 1. The van der Waals surface area contributed by atoms with E-state index in [-0.39, 0.29) is 29.4 Å². The number of nitrogens with one attached hydrogen (secondary N) is 1. The highest BCUT2D eigenvalue weighted by molar-refractivity contribution is 7.89. The third kappa shape index (κ3) is 5.59. The molecule has 1 fully saturated rings. The number of carbonyl (C=O) groups is 1. The maximum Gasteiger partial charge on any atom is 0.258 e. The lowest BCUT2D eigenvalue weighted by Gasteiger charge is -2.26. The summed E-state index contributed by atoms with van der Waals surface area (Å²) < 4.78 is 37.5. The topological polar surface area (TPSA) is 84.9 Å². The van der Waals surface area contributed by atoms with Crippen LogP contribution in [0.3, 0.4) is 0 Å². The Hall–Kier alpha value is -2.42. The number of benzene rings is 2. The number of rotatable bonds is 8. The quantitative estimate of drug-likeness (QED) is 0.693. The lowest BCUT2D eigenvalue weighted by molar-refractivity contribution is -0.124. The summed E-state index contributed by atoms with van der Waals surface area (Å²) in [6.45, 7) is 5.44. The van der Waals surface area contributed by atoms with Gasteiger partial charge in [-0.25, -0.2) is 8.42 Å². The van der Waals surface area contributed by atoms with Crippen molar-refractivity contribution in [2.75, 3.05) is 32.9 Å². The van der Waals surface area contributed by atoms with Crippen molar-refractivity contribution in [2.24, 2.45) is 5.92 Å². The van der Waals surface area contributed by atoms with E-state index in [1.807, 2.05) is 44.2 Å². The molecule has 3 rings (SSSR count). The van der Waals surface area contributed by atoms with Gasteiger partial charge in [0.15, 0.2) is 6.61 Å². The van der Waals surface area contributed by atoms with E-state index in [4.69, 9.17) is 9.47 Å². The number of hydrogen-bond donors (Lipinski definition) is 1. The minimum absolute atomic E-state index is 0.108. The average Bonchev–Trinajstić information content (AvgIpc) is 2.77. The Balaban J connectivity index is 1.57. The molecule has 2 aromatic carbocycles. The van der Waals surface area contributed by atoms with E-state index in [0.717, 1.165) is 5.56 Å². The van der Waals surface area contributed by atoms with Crippen molar-refractivity contribution >= 4 is 15.9 Å². The average molecular weight is 433 g/mol. The molecule has 1 unspecified atom stereocenters. The molecule has 1 heterocycles.